The van der Waals surface area contributed by atoms with Crippen LogP contribution in [-0.4, -0.2) is 22.3 Å². The van der Waals surface area contributed by atoms with Crippen molar-refractivity contribution in [2.45, 2.75) is 13.0 Å². The maximum atomic E-state index is 12.4. The third kappa shape index (κ3) is 3.80. The minimum Gasteiger partial charge on any atom is -0.333 e. The van der Waals surface area contributed by atoms with Crippen molar-refractivity contribution in [3.05, 3.63) is 51.4 Å². The number of hydrogen-bond acceptors (Lipinski definition) is 4. The van der Waals surface area contributed by atoms with Gasteiger partial charge in [0.1, 0.15) is 0 Å². The third-order valence-corrected chi connectivity index (χ3v) is 3.88. The molecule has 0 aromatic carbocycles. The van der Waals surface area contributed by atoms with Crippen molar-refractivity contribution in [3.63, 3.8) is 0 Å². The largest absolute Gasteiger partial charge is 0.333 e. The molecule has 102 valence electrons. The van der Waals surface area contributed by atoms with E-state index < -0.39 is 0 Å². The summed E-state index contributed by atoms with van der Waals surface area (Å²) in [4.78, 5) is 18.7. The van der Waals surface area contributed by atoms with Gasteiger partial charge in [0, 0.05) is 25.5 Å². The van der Waals surface area contributed by atoms with Crippen molar-refractivity contribution >= 4 is 28.8 Å². The predicted octanol–water partition coefficient (Wildman–Crippen LogP) is 3.35. The molecule has 0 aliphatic heterocycles. The highest BCUT2D eigenvalue weighted by Gasteiger charge is 2.17. The van der Waals surface area contributed by atoms with Crippen molar-refractivity contribution in [1.29, 1.82) is 5.26 Å². The number of amides is 1. The molecule has 0 N–H and O–H groups in total. The van der Waals surface area contributed by atoms with E-state index in [-0.39, 0.29) is 5.91 Å². The Hall–Kier alpha value is -1.90. The summed E-state index contributed by atoms with van der Waals surface area (Å²) < 4.78 is 0.579. The van der Waals surface area contributed by atoms with Crippen LogP contribution in [0, 0.1) is 11.3 Å². The summed E-state index contributed by atoms with van der Waals surface area (Å²) in [6.07, 6.45) is 3.70. The van der Waals surface area contributed by atoms with Crippen LogP contribution in [0.4, 0.5) is 0 Å². The zero-order valence-electron chi connectivity index (χ0n) is 10.6. The van der Waals surface area contributed by atoms with Gasteiger partial charge in [-0.05, 0) is 23.8 Å². The van der Waals surface area contributed by atoms with Crippen molar-refractivity contribution in [2.75, 3.05) is 6.54 Å². The van der Waals surface area contributed by atoms with Gasteiger partial charge in [0.25, 0.3) is 5.91 Å². The van der Waals surface area contributed by atoms with Crippen LogP contribution in [0.5, 0.6) is 0 Å². The molecule has 0 fully saturated rings. The second kappa shape index (κ2) is 7.04. The highest BCUT2D eigenvalue weighted by atomic mass is 35.5. The van der Waals surface area contributed by atoms with Gasteiger partial charge in [-0.1, -0.05) is 17.7 Å². The third-order valence-electron chi connectivity index (χ3n) is 2.66. The fourth-order valence-electron chi connectivity index (χ4n) is 1.73. The molecule has 0 radical (unpaired) electrons. The molecule has 0 spiro atoms. The molecule has 0 saturated heterocycles. The molecule has 0 aliphatic carbocycles. The molecule has 0 aliphatic rings. The summed E-state index contributed by atoms with van der Waals surface area (Å²) in [5.74, 6) is -0.110. The Morgan fingerprint density at radius 3 is 2.90 bits per heavy atom. The maximum absolute atomic E-state index is 12.4. The van der Waals surface area contributed by atoms with Gasteiger partial charge in [-0.15, -0.1) is 11.3 Å². The van der Waals surface area contributed by atoms with Crippen LogP contribution in [0.2, 0.25) is 4.34 Å². The number of aromatic nitrogens is 1. The Labute approximate surface area is 126 Å². The van der Waals surface area contributed by atoms with Gasteiger partial charge in [-0.3, -0.25) is 9.78 Å². The number of halogens is 1. The molecule has 0 bridgehead atoms. The van der Waals surface area contributed by atoms with E-state index in [2.05, 4.69) is 11.1 Å². The highest BCUT2D eigenvalue weighted by Crippen LogP contribution is 2.23. The van der Waals surface area contributed by atoms with Crippen LogP contribution in [0.15, 0.2) is 36.7 Å². The summed E-state index contributed by atoms with van der Waals surface area (Å²) >= 11 is 7.10. The summed E-state index contributed by atoms with van der Waals surface area (Å²) in [7, 11) is 0. The first kappa shape index (κ1) is 14.5. The van der Waals surface area contributed by atoms with Crippen LogP contribution >= 0.6 is 22.9 Å². The van der Waals surface area contributed by atoms with Crippen LogP contribution in [0.25, 0.3) is 0 Å². The summed E-state index contributed by atoms with van der Waals surface area (Å²) in [5, 5.41) is 8.72. The lowest BCUT2D eigenvalue weighted by molar-refractivity contribution is 0.0751. The Kier molecular flexibility index (Phi) is 5.10. The molecule has 2 heterocycles. The molecular weight excluding hydrogens is 294 g/mol. The van der Waals surface area contributed by atoms with E-state index in [1.165, 1.54) is 11.3 Å². The number of carbonyl (C=O) groups is 1. The number of thiophene rings is 1. The zero-order valence-corrected chi connectivity index (χ0v) is 12.2. The average molecular weight is 306 g/mol. The maximum Gasteiger partial charge on any atom is 0.264 e. The Balaban J connectivity index is 2.15. The quantitative estimate of drug-likeness (QED) is 0.851. The lowest BCUT2D eigenvalue weighted by atomic mass is 10.2. The molecule has 0 unspecified atom stereocenters. The predicted molar refractivity (Wildman–Crippen MR) is 78.5 cm³/mol. The number of rotatable bonds is 5. The molecule has 4 nitrogen and oxygen atoms in total. The first-order valence-corrected chi connectivity index (χ1v) is 7.20. The second-order valence-corrected chi connectivity index (χ2v) is 5.81. The van der Waals surface area contributed by atoms with E-state index in [1.54, 1.807) is 29.4 Å². The van der Waals surface area contributed by atoms with Crippen LogP contribution in [0.1, 0.15) is 21.7 Å². The SMILES string of the molecule is N#CCCN(Cc1cccnc1)C(=O)c1ccc(Cl)s1. The van der Waals surface area contributed by atoms with E-state index in [9.17, 15) is 4.79 Å². The van der Waals surface area contributed by atoms with Gasteiger partial charge >= 0.3 is 0 Å². The molecule has 2 aromatic heterocycles. The Bertz CT molecular complexity index is 621. The van der Waals surface area contributed by atoms with E-state index in [0.717, 1.165) is 5.56 Å². The minimum absolute atomic E-state index is 0.110. The number of nitriles is 1. The van der Waals surface area contributed by atoms with E-state index >= 15 is 0 Å². The van der Waals surface area contributed by atoms with Crippen LogP contribution in [-0.2, 0) is 6.54 Å². The Morgan fingerprint density at radius 2 is 2.30 bits per heavy atom. The summed E-state index contributed by atoms with van der Waals surface area (Å²) in [6, 6.07) is 9.20. The van der Waals surface area contributed by atoms with Gasteiger partial charge < -0.3 is 4.90 Å². The molecule has 6 heteroatoms. The van der Waals surface area contributed by atoms with Gasteiger partial charge in [-0.2, -0.15) is 5.26 Å². The zero-order chi connectivity index (χ0) is 14.4. The van der Waals surface area contributed by atoms with Crippen molar-refractivity contribution in [2.24, 2.45) is 0 Å². The van der Waals surface area contributed by atoms with Crippen molar-refractivity contribution in [1.82, 2.24) is 9.88 Å². The Morgan fingerprint density at radius 1 is 1.45 bits per heavy atom. The fraction of sp³-hybridized carbons (Fsp3) is 0.214. The van der Waals surface area contributed by atoms with E-state index in [0.29, 0.717) is 28.7 Å². The second-order valence-electron chi connectivity index (χ2n) is 4.10. The van der Waals surface area contributed by atoms with Gasteiger partial charge in [0.2, 0.25) is 0 Å². The van der Waals surface area contributed by atoms with E-state index in [4.69, 9.17) is 16.9 Å². The summed E-state index contributed by atoms with van der Waals surface area (Å²) in [6.45, 7) is 0.823. The molecule has 2 aromatic rings. The summed E-state index contributed by atoms with van der Waals surface area (Å²) in [5.41, 5.74) is 0.932. The number of nitrogens with zero attached hydrogens (tertiary/aromatic N) is 3. The van der Waals surface area contributed by atoms with E-state index in [1.807, 2.05) is 12.1 Å². The van der Waals surface area contributed by atoms with Crippen LogP contribution in [0.3, 0.4) is 0 Å². The number of hydrogen-bond donors (Lipinski definition) is 0. The lowest BCUT2D eigenvalue weighted by Crippen LogP contribution is -2.30. The monoisotopic (exact) mass is 305 g/mol. The molecule has 0 atom stereocenters. The first-order chi connectivity index (χ1) is 9.70. The highest BCUT2D eigenvalue weighted by molar-refractivity contribution is 7.17. The van der Waals surface area contributed by atoms with Gasteiger partial charge in [0.05, 0.1) is 21.7 Å². The first-order valence-electron chi connectivity index (χ1n) is 6.01. The molecule has 2 rings (SSSR count). The van der Waals surface area contributed by atoms with Crippen LogP contribution < -0.4 is 0 Å². The molecule has 0 saturated carbocycles. The van der Waals surface area contributed by atoms with Crippen molar-refractivity contribution < 1.29 is 4.79 Å². The average Bonchev–Trinajstić information content (AvgIpc) is 2.90. The minimum atomic E-state index is -0.110. The topological polar surface area (TPSA) is 57.0 Å². The smallest absolute Gasteiger partial charge is 0.264 e. The lowest BCUT2D eigenvalue weighted by Gasteiger charge is -2.20. The van der Waals surface area contributed by atoms with Gasteiger partial charge in [0.15, 0.2) is 0 Å². The van der Waals surface area contributed by atoms with Crippen molar-refractivity contribution in [3.8, 4) is 6.07 Å². The number of carbonyl (C=O) groups excluding carboxylic acids is 1. The van der Waals surface area contributed by atoms with Gasteiger partial charge in [-0.25, -0.2) is 0 Å². The normalized spacial score (nSPS) is 10.0. The molecular formula is C14H12ClN3OS. The molecule has 20 heavy (non-hydrogen) atoms. The molecule has 1 amide bonds. The standard InChI is InChI=1S/C14H12ClN3OS/c15-13-5-4-12(20-13)14(19)18(8-2-6-16)10-11-3-1-7-17-9-11/h1,3-5,7,9H,2,8,10H2. The fourth-order valence-corrected chi connectivity index (χ4v) is 2.75. The number of pyridine rings is 1.